The van der Waals surface area contributed by atoms with E-state index in [1.165, 1.54) is 47.8 Å². The number of aromatic carboxylic acids is 1. The number of primary amides is 1. The van der Waals surface area contributed by atoms with Crippen LogP contribution in [0.3, 0.4) is 0 Å². The number of carbonyl (C=O) groups is 9. The molecule has 614 valence electrons. The van der Waals surface area contributed by atoms with Crippen LogP contribution in [-0.2, 0) is 79.8 Å². The number of carbonyl (C=O) groups excluding carboxylic acids is 8. The Hall–Kier alpha value is -9.82. The zero-order valence-electron chi connectivity index (χ0n) is 64.8. The Morgan fingerprint density at radius 2 is 1.47 bits per heavy atom. The van der Waals surface area contributed by atoms with Crippen LogP contribution in [0.1, 0.15) is 148 Å². The number of benzene rings is 3. The van der Waals surface area contributed by atoms with Crippen molar-refractivity contribution in [3.05, 3.63) is 125 Å². The highest BCUT2D eigenvalue weighted by molar-refractivity contribution is 7.86. The Labute approximate surface area is 665 Å². The zero-order chi connectivity index (χ0) is 82.2. The van der Waals surface area contributed by atoms with Gasteiger partial charge in [0.25, 0.3) is 43.9 Å². The fraction of sp³-hybridized carbons (Fsp3) is 0.513. The van der Waals surface area contributed by atoms with E-state index in [9.17, 15) is 74.2 Å². The fourth-order valence-corrected chi connectivity index (χ4v) is 19.6. The van der Waals surface area contributed by atoms with Crippen LogP contribution in [0.2, 0.25) is 0 Å². The maximum atomic E-state index is 14.5. The molecule has 5 heterocycles. The largest absolute Gasteiger partial charge is 0.491 e. The number of nitrogens with zero attached hydrogens (tertiary/aromatic N) is 9. The summed E-state index contributed by atoms with van der Waals surface area (Å²) in [6.07, 6.45) is 10.5. The van der Waals surface area contributed by atoms with Gasteiger partial charge < -0.3 is 56.1 Å². The topological polar surface area (TPSA) is 458 Å². The standard InChI is InChI=1S/C78H100N14O19S3/c1-49(2)66(85-63(93)16-8-7-11-29-90-64(94)25-26-65(90)95)69(97)82-59(14-12-28-79)70(98)92(72(80)101)52-19-17-51(18-20-52)41-110-74(102)88(34-38-114(106,107)108)32-35-109-60-23-21-55(68(96)86-73-83-58-13-9-10-15-61(58)112-73)57-40-89(30-27-53(57)60)62-24-22-54(67(84-62)71(99)100)56-39-81-91(50(56)3)48-77-43-75(4)42-76(5,44-77)46-78(45-75,47-77)111-36-31-87(6)33-37-113(103,104)105/h9-10,13,15,17-26,39,49,59,66H,7-8,11-12,14,16,27-38,40-48,79H2,1-6H3,(H2,80,101)(H,82,97)(H,85,93)(H,99,100)(H,83,86,96)(H,103,104,105)(H,106,107,108)/t59-,66-,75?,76?,77?,78?/m0/s1. The normalized spacial score (nSPS) is 20.3. The SMILES string of the molecule is Cc1c(-c2ccc(N3CCc4c(OCCN(CCS(=O)(=O)O)C(=O)OCc5ccc(N(C(N)=O)C(=O)[C@H](CCCN)NC(=O)[C@@H](NC(=O)CCCCCN6C(=O)C=CC6=O)C(C)C)cc5)ccc(C(=O)Nc5nc6ccccc6s5)c4C3)nc2C(=O)O)cnn1CC12CC3(C)CC(C)(C1)CC(OCCN(C)CCS(=O)(=O)O)(C3)C2. The summed E-state index contributed by atoms with van der Waals surface area (Å²) in [5.74, 6) is -5.69. The molecule has 3 aromatic heterocycles. The first-order valence-corrected chi connectivity index (χ1v) is 42.1. The summed E-state index contributed by atoms with van der Waals surface area (Å²) >= 11 is 1.29. The molecule has 6 aliphatic rings. The van der Waals surface area contributed by atoms with Crippen molar-refractivity contribution in [1.29, 1.82) is 0 Å². The maximum absolute atomic E-state index is 14.5. The lowest BCUT2D eigenvalue weighted by Crippen LogP contribution is -2.64. The molecule has 4 bridgehead atoms. The third-order valence-corrected chi connectivity index (χ3v) is 24.3. The Morgan fingerprint density at radius 3 is 2.14 bits per heavy atom. The molecular weight excluding hydrogens is 1530 g/mol. The highest BCUT2D eigenvalue weighted by Crippen LogP contribution is 2.72. The molecule has 36 heteroatoms. The van der Waals surface area contributed by atoms with Crippen molar-refractivity contribution in [2.75, 3.05) is 92.7 Å². The van der Waals surface area contributed by atoms with Gasteiger partial charge in [-0.2, -0.15) is 21.9 Å². The number of likely N-dealkylation sites (N-methyl/N-ethyl adjacent to an activating group) is 1. The first kappa shape index (κ1) is 85.1. The number of pyridine rings is 1. The van der Waals surface area contributed by atoms with Crippen LogP contribution in [0.15, 0.2) is 91.1 Å². The highest BCUT2D eigenvalue weighted by atomic mass is 32.2. The predicted octanol–water partition coefficient (Wildman–Crippen LogP) is 7.50. The van der Waals surface area contributed by atoms with Gasteiger partial charge in [0, 0.05) is 92.3 Å². The molecule has 114 heavy (non-hydrogen) atoms. The van der Waals surface area contributed by atoms with Crippen LogP contribution < -0.4 is 42.0 Å². The van der Waals surface area contributed by atoms with Gasteiger partial charge in [-0.05, 0) is 173 Å². The van der Waals surface area contributed by atoms with E-state index in [1.54, 1.807) is 51.4 Å². The van der Waals surface area contributed by atoms with Crippen molar-refractivity contribution in [2.24, 2.45) is 33.6 Å². The number of hydrogen-bond acceptors (Lipinski definition) is 23. The van der Waals surface area contributed by atoms with Gasteiger partial charge in [-0.25, -0.2) is 29.3 Å². The first-order chi connectivity index (χ1) is 53.9. The van der Waals surface area contributed by atoms with Gasteiger partial charge in [0.05, 0.1) is 52.4 Å². The Kier molecular flexibility index (Phi) is 26.5. The second-order valence-electron chi connectivity index (χ2n) is 31.8. The Balaban J connectivity index is 0.754. The van der Waals surface area contributed by atoms with E-state index in [0.717, 1.165) is 58.7 Å². The number of aromatic nitrogens is 4. The fourth-order valence-electron chi connectivity index (χ4n) is 17.7. The third kappa shape index (κ3) is 21.0. The molecule has 0 radical (unpaired) electrons. The monoisotopic (exact) mass is 1630 g/mol. The number of carboxylic acid groups (broad SMARTS) is 1. The average Bonchev–Trinajstić information content (AvgIpc) is 0.897. The van der Waals surface area contributed by atoms with Gasteiger partial charge in [-0.3, -0.25) is 52.8 Å². The molecule has 12 rings (SSSR count). The molecule has 2 aliphatic heterocycles. The maximum Gasteiger partial charge on any atom is 0.410 e. The van der Waals surface area contributed by atoms with Crippen molar-refractivity contribution in [2.45, 2.75) is 155 Å². The third-order valence-electron chi connectivity index (χ3n) is 21.9. The van der Waals surface area contributed by atoms with Crippen LogP contribution >= 0.6 is 11.3 Å². The number of imide groups is 2. The summed E-state index contributed by atoms with van der Waals surface area (Å²) in [5, 5.41) is 24.6. The van der Waals surface area contributed by atoms with Crippen LogP contribution in [0.5, 0.6) is 5.75 Å². The molecule has 9 amide bonds. The summed E-state index contributed by atoms with van der Waals surface area (Å²) < 4.78 is 88.1. The first-order valence-electron chi connectivity index (χ1n) is 38.1. The van der Waals surface area contributed by atoms with Gasteiger partial charge in [-0.1, -0.05) is 69.7 Å². The van der Waals surface area contributed by atoms with Gasteiger partial charge in [0.15, 0.2) is 10.8 Å². The number of fused-ring (bicyclic) bond motifs is 2. The minimum absolute atomic E-state index is 0.00119. The quantitative estimate of drug-likeness (QED) is 0.0106. The lowest BCUT2D eigenvalue weighted by atomic mass is 9.39. The van der Waals surface area contributed by atoms with E-state index in [0.29, 0.717) is 93.9 Å². The van der Waals surface area contributed by atoms with Gasteiger partial charge in [0.1, 0.15) is 36.9 Å². The van der Waals surface area contributed by atoms with Gasteiger partial charge in [-0.15, -0.1) is 0 Å². The van der Waals surface area contributed by atoms with Crippen LogP contribution in [0.25, 0.3) is 21.3 Å². The minimum Gasteiger partial charge on any atom is -0.491 e. The number of rotatable bonds is 38. The van der Waals surface area contributed by atoms with Crippen LogP contribution in [0, 0.1) is 29.1 Å². The van der Waals surface area contributed by atoms with Crippen molar-refractivity contribution >= 4 is 112 Å². The van der Waals surface area contributed by atoms with Crippen molar-refractivity contribution in [3.63, 3.8) is 0 Å². The zero-order valence-corrected chi connectivity index (χ0v) is 67.2. The molecule has 0 saturated heterocycles. The number of hydrogen-bond donors (Lipinski definition) is 8. The summed E-state index contributed by atoms with van der Waals surface area (Å²) in [7, 11) is -6.93. The number of thiazole rings is 1. The number of unbranched alkanes of at least 4 members (excludes halogenated alkanes) is 2. The van der Waals surface area contributed by atoms with E-state index in [1.807, 2.05) is 45.7 Å². The number of anilines is 3. The number of para-hydroxylation sites is 1. The van der Waals surface area contributed by atoms with Gasteiger partial charge in [0.2, 0.25) is 11.8 Å². The number of nitrogens with one attached hydrogen (secondary N) is 3. The number of carboxylic acids is 1. The predicted molar refractivity (Wildman–Crippen MR) is 423 cm³/mol. The molecule has 4 aliphatic carbocycles. The molecule has 10 N–H and O–H groups in total. The molecule has 4 saturated carbocycles. The lowest BCUT2D eigenvalue weighted by Gasteiger charge is -2.69. The summed E-state index contributed by atoms with van der Waals surface area (Å²) in [6, 6.07) is 16.0. The summed E-state index contributed by atoms with van der Waals surface area (Å²) in [5.41, 5.74) is 14.9. The van der Waals surface area contributed by atoms with Gasteiger partial charge >= 0.3 is 18.1 Å². The molecule has 2 unspecified atom stereocenters. The molecule has 3 aromatic carbocycles. The molecule has 0 spiro atoms. The second kappa shape index (κ2) is 35.5. The van der Waals surface area contributed by atoms with E-state index >= 15 is 0 Å². The molecule has 33 nitrogen and oxygen atoms in total. The molecule has 6 aromatic rings. The van der Waals surface area contributed by atoms with E-state index < -0.39 is 116 Å². The molecule has 4 fully saturated rings. The molecular formula is C78H100N14O19S3. The van der Waals surface area contributed by atoms with Crippen molar-refractivity contribution in [3.8, 4) is 16.9 Å². The number of amides is 9. The summed E-state index contributed by atoms with van der Waals surface area (Å²) in [4.78, 5) is 136. The average molecular weight is 1630 g/mol. The smallest absolute Gasteiger partial charge is 0.410 e. The van der Waals surface area contributed by atoms with Crippen LogP contribution in [0.4, 0.5) is 26.2 Å². The Morgan fingerprint density at radius 1 is 0.772 bits per heavy atom. The van der Waals surface area contributed by atoms with E-state index in [2.05, 4.69) is 34.8 Å². The van der Waals surface area contributed by atoms with E-state index in [4.69, 9.17) is 35.8 Å². The van der Waals surface area contributed by atoms with E-state index in [-0.39, 0.29) is 111 Å². The van der Waals surface area contributed by atoms with Crippen molar-refractivity contribution < 1.29 is 88.4 Å². The highest BCUT2D eigenvalue weighted by Gasteiger charge is 2.66. The summed E-state index contributed by atoms with van der Waals surface area (Å²) in [6.45, 7) is 10.8. The molecule has 4 atom stereocenters. The van der Waals surface area contributed by atoms with Crippen molar-refractivity contribution in [1.82, 2.24) is 45.1 Å². The number of nitrogens with two attached hydrogens (primary N) is 2. The number of urea groups is 1. The second-order valence-corrected chi connectivity index (χ2v) is 35.9. The lowest BCUT2D eigenvalue weighted by molar-refractivity contribution is -0.248. The minimum atomic E-state index is -4.63. The number of ether oxygens (including phenoxy) is 3. The van der Waals surface area contributed by atoms with Crippen LogP contribution in [-0.4, -0.2) is 214 Å². The Bertz CT molecular complexity index is 4850.